The lowest BCUT2D eigenvalue weighted by Gasteiger charge is -2.24. The summed E-state index contributed by atoms with van der Waals surface area (Å²) in [6, 6.07) is -1.94. The van der Waals surface area contributed by atoms with Gasteiger partial charge in [0.1, 0.15) is 12.1 Å². The quantitative estimate of drug-likeness (QED) is 0.338. The van der Waals surface area contributed by atoms with Crippen LogP contribution in [0, 0.1) is 5.92 Å². The van der Waals surface area contributed by atoms with Crippen molar-refractivity contribution in [2.75, 3.05) is 13.1 Å². The first-order valence-corrected chi connectivity index (χ1v) is 7.02. The lowest BCUT2D eigenvalue weighted by Crippen LogP contribution is -2.55. The zero-order chi connectivity index (χ0) is 17.3. The number of hydrogen-bond acceptors (Lipinski definition) is 5. The standard InChI is InChI=1S/C13H24N4O5/c1-4-7(2)11(12(20)16-8(3)13(21)22)17-10(19)6-15-9(18)5-14/h7-8,11H,4-6,14H2,1-3H3,(H,15,18)(H,16,20)(H,17,19)(H,21,22). The number of carboxylic acid groups (broad SMARTS) is 1. The predicted octanol–water partition coefficient (Wildman–Crippen LogP) is -1.82. The summed E-state index contributed by atoms with van der Waals surface area (Å²) in [6.45, 7) is 4.39. The molecular weight excluding hydrogens is 292 g/mol. The van der Waals surface area contributed by atoms with Gasteiger partial charge in [-0.05, 0) is 12.8 Å². The van der Waals surface area contributed by atoms with E-state index in [-0.39, 0.29) is 19.0 Å². The number of amides is 3. The van der Waals surface area contributed by atoms with Gasteiger partial charge in [0.15, 0.2) is 0 Å². The van der Waals surface area contributed by atoms with Crippen molar-refractivity contribution in [3.05, 3.63) is 0 Å². The van der Waals surface area contributed by atoms with Crippen molar-refractivity contribution in [3.8, 4) is 0 Å². The molecule has 0 spiro atoms. The zero-order valence-corrected chi connectivity index (χ0v) is 13.0. The van der Waals surface area contributed by atoms with Crippen LogP contribution in [-0.2, 0) is 19.2 Å². The maximum absolute atomic E-state index is 12.1. The summed E-state index contributed by atoms with van der Waals surface area (Å²) in [6.07, 6.45) is 0.606. The lowest BCUT2D eigenvalue weighted by molar-refractivity contribution is -0.142. The molecule has 9 heteroatoms. The van der Waals surface area contributed by atoms with Gasteiger partial charge in [-0.15, -0.1) is 0 Å². The molecule has 126 valence electrons. The highest BCUT2D eigenvalue weighted by Gasteiger charge is 2.28. The SMILES string of the molecule is CCC(C)C(NC(=O)CNC(=O)CN)C(=O)NC(C)C(=O)O. The number of hydrogen-bond donors (Lipinski definition) is 5. The summed E-state index contributed by atoms with van der Waals surface area (Å²) < 4.78 is 0. The average Bonchev–Trinajstić information content (AvgIpc) is 2.48. The van der Waals surface area contributed by atoms with Gasteiger partial charge in [-0.2, -0.15) is 0 Å². The van der Waals surface area contributed by atoms with Gasteiger partial charge in [0.05, 0.1) is 13.1 Å². The molecule has 6 N–H and O–H groups in total. The Kier molecular flexibility index (Phi) is 8.76. The first-order chi connectivity index (χ1) is 10.2. The van der Waals surface area contributed by atoms with E-state index >= 15 is 0 Å². The van der Waals surface area contributed by atoms with E-state index in [1.807, 2.05) is 6.92 Å². The van der Waals surface area contributed by atoms with Crippen LogP contribution in [0.15, 0.2) is 0 Å². The van der Waals surface area contributed by atoms with Crippen molar-refractivity contribution in [2.24, 2.45) is 11.7 Å². The Balaban J connectivity index is 4.70. The van der Waals surface area contributed by atoms with Crippen LogP contribution >= 0.6 is 0 Å². The highest BCUT2D eigenvalue weighted by Crippen LogP contribution is 2.08. The van der Waals surface area contributed by atoms with E-state index in [9.17, 15) is 19.2 Å². The largest absolute Gasteiger partial charge is 0.480 e. The normalized spacial score (nSPS) is 14.4. The molecule has 0 saturated heterocycles. The number of rotatable bonds is 9. The summed E-state index contributed by atoms with van der Waals surface area (Å²) in [5.41, 5.74) is 5.10. The molecule has 0 aromatic rings. The fraction of sp³-hybridized carbons (Fsp3) is 0.692. The van der Waals surface area contributed by atoms with Gasteiger partial charge in [-0.1, -0.05) is 20.3 Å². The molecule has 3 amide bonds. The van der Waals surface area contributed by atoms with Gasteiger partial charge in [0, 0.05) is 0 Å². The minimum absolute atomic E-state index is 0.199. The van der Waals surface area contributed by atoms with Gasteiger partial charge in [0.2, 0.25) is 17.7 Å². The fourth-order valence-electron chi connectivity index (χ4n) is 1.54. The molecule has 0 aliphatic carbocycles. The van der Waals surface area contributed by atoms with Crippen LogP contribution in [0.25, 0.3) is 0 Å². The van der Waals surface area contributed by atoms with Crippen molar-refractivity contribution in [1.29, 1.82) is 0 Å². The monoisotopic (exact) mass is 316 g/mol. The highest BCUT2D eigenvalue weighted by molar-refractivity contribution is 5.92. The predicted molar refractivity (Wildman–Crippen MR) is 78.7 cm³/mol. The third-order valence-corrected chi connectivity index (χ3v) is 3.17. The molecule has 0 saturated carbocycles. The smallest absolute Gasteiger partial charge is 0.325 e. The van der Waals surface area contributed by atoms with Crippen LogP contribution in [0.3, 0.4) is 0 Å². The van der Waals surface area contributed by atoms with Crippen molar-refractivity contribution >= 4 is 23.7 Å². The summed E-state index contributed by atoms with van der Waals surface area (Å²) in [4.78, 5) is 45.6. The Morgan fingerprint density at radius 2 is 1.68 bits per heavy atom. The Labute approximate surface area is 129 Å². The fourth-order valence-corrected chi connectivity index (χ4v) is 1.54. The van der Waals surface area contributed by atoms with Crippen molar-refractivity contribution in [3.63, 3.8) is 0 Å². The number of carbonyl (C=O) groups is 4. The molecule has 0 rings (SSSR count). The van der Waals surface area contributed by atoms with Gasteiger partial charge >= 0.3 is 5.97 Å². The lowest BCUT2D eigenvalue weighted by atomic mass is 9.98. The van der Waals surface area contributed by atoms with Crippen molar-refractivity contribution in [1.82, 2.24) is 16.0 Å². The van der Waals surface area contributed by atoms with Crippen molar-refractivity contribution in [2.45, 2.75) is 39.3 Å². The third-order valence-electron chi connectivity index (χ3n) is 3.17. The number of nitrogens with one attached hydrogen (secondary N) is 3. The molecule has 0 aliphatic heterocycles. The Hall–Kier alpha value is -2.16. The Bertz CT molecular complexity index is 427. The van der Waals surface area contributed by atoms with Crippen molar-refractivity contribution < 1.29 is 24.3 Å². The number of carboxylic acids is 1. The van der Waals surface area contributed by atoms with Gasteiger partial charge in [-0.3, -0.25) is 19.2 Å². The molecule has 0 bridgehead atoms. The first kappa shape index (κ1) is 19.8. The molecule has 0 heterocycles. The molecule has 0 aromatic carbocycles. The van der Waals surface area contributed by atoms with Crippen LogP contribution in [-0.4, -0.2) is 54.0 Å². The first-order valence-electron chi connectivity index (χ1n) is 7.02. The minimum atomic E-state index is -1.17. The second kappa shape index (κ2) is 9.72. The van der Waals surface area contributed by atoms with E-state index < -0.39 is 35.8 Å². The molecule has 22 heavy (non-hydrogen) atoms. The van der Waals surface area contributed by atoms with E-state index in [0.717, 1.165) is 0 Å². The van der Waals surface area contributed by atoms with E-state index in [0.29, 0.717) is 6.42 Å². The van der Waals surface area contributed by atoms with Crippen LogP contribution in [0.1, 0.15) is 27.2 Å². The third kappa shape index (κ3) is 7.02. The van der Waals surface area contributed by atoms with Crippen LogP contribution in [0.2, 0.25) is 0 Å². The van der Waals surface area contributed by atoms with E-state index in [4.69, 9.17) is 10.8 Å². The van der Waals surface area contributed by atoms with Crippen LogP contribution in [0.4, 0.5) is 0 Å². The Morgan fingerprint density at radius 3 is 2.14 bits per heavy atom. The minimum Gasteiger partial charge on any atom is -0.480 e. The second-order valence-electron chi connectivity index (χ2n) is 4.98. The molecule has 0 fully saturated rings. The zero-order valence-electron chi connectivity index (χ0n) is 13.0. The number of aliphatic carboxylic acids is 1. The van der Waals surface area contributed by atoms with Crippen LogP contribution in [0.5, 0.6) is 0 Å². The molecule has 0 aliphatic rings. The maximum atomic E-state index is 12.1. The Morgan fingerprint density at radius 1 is 1.09 bits per heavy atom. The van der Waals surface area contributed by atoms with Gasteiger partial charge < -0.3 is 26.8 Å². The van der Waals surface area contributed by atoms with E-state index in [1.165, 1.54) is 6.92 Å². The number of carbonyl (C=O) groups excluding carboxylic acids is 3. The topological polar surface area (TPSA) is 151 Å². The molecular formula is C13H24N4O5. The highest BCUT2D eigenvalue weighted by atomic mass is 16.4. The second-order valence-corrected chi connectivity index (χ2v) is 4.98. The van der Waals surface area contributed by atoms with Gasteiger partial charge in [-0.25, -0.2) is 0 Å². The summed E-state index contributed by atoms with van der Waals surface area (Å²) >= 11 is 0. The summed E-state index contributed by atoms with van der Waals surface area (Å²) in [5.74, 6) is -2.99. The molecule has 0 aromatic heterocycles. The number of nitrogens with two attached hydrogens (primary N) is 1. The molecule has 0 radical (unpaired) electrons. The molecule has 3 unspecified atom stereocenters. The van der Waals surface area contributed by atoms with Crippen LogP contribution < -0.4 is 21.7 Å². The summed E-state index contributed by atoms with van der Waals surface area (Å²) in [7, 11) is 0. The summed E-state index contributed by atoms with van der Waals surface area (Å²) in [5, 5.41) is 15.9. The maximum Gasteiger partial charge on any atom is 0.325 e. The average molecular weight is 316 g/mol. The molecule has 3 atom stereocenters. The molecule has 9 nitrogen and oxygen atoms in total. The van der Waals surface area contributed by atoms with Gasteiger partial charge in [0.25, 0.3) is 0 Å². The van der Waals surface area contributed by atoms with E-state index in [1.54, 1.807) is 6.92 Å². The van der Waals surface area contributed by atoms with E-state index in [2.05, 4.69) is 16.0 Å².